The number of amides is 1. The molecular weight excluding hydrogens is 408 g/mol. The van der Waals surface area contributed by atoms with Gasteiger partial charge in [-0.25, -0.2) is 4.79 Å². The van der Waals surface area contributed by atoms with E-state index in [-0.39, 0.29) is 17.7 Å². The van der Waals surface area contributed by atoms with Gasteiger partial charge in [0, 0.05) is 23.3 Å². The monoisotopic (exact) mass is 443 g/mol. The maximum absolute atomic E-state index is 12.7. The summed E-state index contributed by atoms with van der Waals surface area (Å²) in [5.74, 6) is 1.09. The van der Waals surface area contributed by atoms with E-state index in [2.05, 4.69) is 23.3 Å². The Bertz CT molecular complexity index is 841. The summed E-state index contributed by atoms with van der Waals surface area (Å²) in [7, 11) is 1.61. The van der Waals surface area contributed by atoms with E-state index in [9.17, 15) is 9.59 Å². The molecule has 0 aliphatic carbocycles. The van der Waals surface area contributed by atoms with Crippen LogP contribution >= 0.6 is 11.3 Å². The molecule has 0 radical (unpaired) electrons. The first kappa shape index (κ1) is 23.6. The lowest BCUT2D eigenvalue weighted by Gasteiger charge is -2.21. The number of aryl methyl sites for hydroxylation is 1. The van der Waals surface area contributed by atoms with Crippen molar-refractivity contribution in [2.24, 2.45) is 0 Å². The van der Waals surface area contributed by atoms with Crippen LogP contribution in [0.2, 0.25) is 0 Å². The van der Waals surface area contributed by atoms with Gasteiger partial charge in [0.2, 0.25) is 0 Å². The number of primary amides is 1. The topological polar surface area (TPSA) is 63.2 Å². The van der Waals surface area contributed by atoms with E-state index in [0.29, 0.717) is 18.4 Å². The summed E-state index contributed by atoms with van der Waals surface area (Å²) < 4.78 is 5.13. The number of thiophene rings is 1. The lowest BCUT2D eigenvalue weighted by Crippen LogP contribution is -2.95. The number of nitrogens with zero attached hydrogens (tertiary/aromatic N) is 1. The van der Waals surface area contributed by atoms with Gasteiger partial charge in [0.1, 0.15) is 11.8 Å². The Hall–Kier alpha value is -2.02. The third-order valence-electron chi connectivity index (χ3n) is 6.02. The fraction of sp³-hybridized carbons (Fsp3) is 0.520. The standard InChI is InChI=1S/C25H34N2O3S/c1-19-13-16-31-24(19)17-21(18-27-14-5-6-15-27)26-25(29)8-4-3-7-23(28)20-9-11-22(30-2)12-10-20/h9-13,16,21H,3-8,14-15,17-18H2,1-2H3,(H,26,29)/p+1/t21-/m0/s1. The average molecular weight is 444 g/mol. The molecule has 0 unspecified atom stereocenters. The minimum absolute atomic E-state index is 0.124. The van der Waals surface area contributed by atoms with Crippen LogP contribution in [0.15, 0.2) is 35.7 Å². The Morgan fingerprint density at radius 3 is 2.45 bits per heavy atom. The van der Waals surface area contributed by atoms with Crippen molar-refractivity contribution in [3.63, 3.8) is 0 Å². The van der Waals surface area contributed by atoms with E-state index >= 15 is 0 Å². The predicted octanol–water partition coefficient (Wildman–Crippen LogP) is 3.61. The van der Waals surface area contributed by atoms with Crippen LogP contribution in [0.3, 0.4) is 0 Å². The predicted molar refractivity (Wildman–Crippen MR) is 125 cm³/mol. The Balaban J connectivity index is 1.42. The summed E-state index contributed by atoms with van der Waals surface area (Å²) >= 11 is 1.79. The number of Topliss-reactive ketones (excluding diaryl/α,β-unsaturated/α-hetero) is 1. The van der Waals surface area contributed by atoms with Gasteiger partial charge in [-0.2, -0.15) is 0 Å². The number of hydrogen-bond acceptors (Lipinski definition) is 5. The molecule has 6 heteroatoms. The molecule has 2 heterocycles. The van der Waals surface area contributed by atoms with Crippen LogP contribution in [0.1, 0.15) is 59.3 Å². The van der Waals surface area contributed by atoms with Crippen LogP contribution in [0.25, 0.3) is 0 Å². The van der Waals surface area contributed by atoms with Crippen LogP contribution in [0.4, 0.5) is 0 Å². The number of carbonyl (C=O) groups is 2. The maximum atomic E-state index is 12.7. The number of ether oxygens (including phenoxy) is 1. The summed E-state index contributed by atoms with van der Waals surface area (Å²) in [4.78, 5) is 28.9. The highest BCUT2D eigenvalue weighted by Crippen LogP contribution is 2.18. The van der Waals surface area contributed by atoms with E-state index in [1.807, 2.05) is 17.4 Å². The lowest BCUT2D eigenvalue weighted by atomic mass is 10.0. The second kappa shape index (κ2) is 12.1. The molecule has 0 spiro atoms. The molecule has 0 saturated carbocycles. The van der Waals surface area contributed by atoms with Gasteiger partial charge in [-0.05, 0) is 87.0 Å². The second-order valence-electron chi connectivity index (χ2n) is 8.49. The van der Waals surface area contributed by atoms with E-state index in [0.717, 1.165) is 44.6 Å². The van der Waals surface area contributed by atoms with Gasteiger partial charge >= 0.3 is 5.91 Å². The quantitative estimate of drug-likeness (QED) is 0.402. The van der Waals surface area contributed by atoms with Crippen LogP contribution in [-0.4, -0.2) is 49.4 Å². The zero-order valence-electron chi connectivity index (χ0n) is 18.8. The first-order valence-electron chi connectivity index (χ1n) is 11.4. The van der Waals surface area contributed by atoms with Crippen molar-refractivity contribution in [3.05, 3.63) is 51.7 Å². The van der Waals surface area contributed by atoms with Crippen molar-refractivity contribution >= 4 is 23.0 Å². The highest BCUT2D eigenvalue weighted by molar-refractivity contribution is 7.10. The molecule has 2 aromatic rings. The molecule has 168 valence electrons. The van der Waals surface area contributed by atoms with E-state index in [1.165, 1.54) is 23.3 Å². The zero-order chi connectivity index (χ0) is 22.1. The minimum Gasteiger partial charge on any atom is -0.497 e. The molecule has 1 aromatic carbocycles. The van der Waals surface area contributed by atoms with E-state index < -0.39 is 0 Å². The zero-order valence-corrected chi connectivity index (χ0v) is 19.6. The van der Waals surface area contributed by atoms with Gasteiger partial charge in [0.15, 0.2) is 5.78 Å². The number of quaternary nitrogens is 1. The minimum atomic E-state index is 0.124. The largest absolute Gasteiger partial charge is 0.497 e. The molecule has 1 aromatic heterocycles. The number of ketones is 1. The van der Waals surface area contributed by atoms with Crippen molar-refractivity contribution in [2.45, 2.75) is 57.9 Å². The summed E-state index contributed by atoms with van der Waals surface area (Å²) in [6.45, 7) is 5.42. The average Bonchev–Trinajstić information content (AvgIpc) is 3.43. The third-order valence-corrected chi connectivity index (χ3v) is 7.06. The molecule has 5 nitrogen and oxygen atoms in total. The van der Waals surface area contributed by atoms with E-state index in [1.54, 1.807) is 30.6 Å². The van der Waals surface area contributed by atoms with Gasteiger partial charge in [-0.1, -0.05) is 0 Å². The summed E-state index contributed by atoms with van der Waals surface area (Å²) in [6.07, 6.45) is 5.97. The Morgan fingerprint density at radius 1 is 1.10 bits per heavy atom. The van der Waals surface area contributed by atoms with Crippen molar-refractivity contribution < 1.29 is 19.6 Å². The van der Waals surface area contributed by atoms with Crippen LogP contribution < -0.4 is 10.1 Å². The molecule has 1 aliphatic rings. The number of carbonyl (C=O) groups excluding carboxylic acids is 2. The number of hydrogen-bond donors (Lipinski definition) is 1. The molecule has 1 amide bonds. The summed E-state index contributed by atoms with van der Waals surface area (Å²) in [5.41, 5.74) is 2.03. The molecule has 2 N–H and O–H groups in total. The van der Waals surface area contributed by atoms with Crippen molar-refractivity contribution in [2.75, 3.05) is 26.7 Å². The fourth-order valence-electron chi connectivity index (χ4n) is 4.18. The number of methoxy groups -OCH3 is 1. The van der Waals surface area contributed by atoms with E-state index in [4.69, 9.17) is 4.74 Å². The van der Waals surface area contributed by atoms with Crippen molar-refractivity contribution in [1.82, 2.24) is 4.90 Å². The Labute approximate surface area is 189 Å². The Kier molecular flexibility index (Phi) is 9.25. The molecule has 3 rings (SSSR count). The number of benzene rings is 1. The van der Waals surface area contributed by atoms with Gasteiger partial charge < -0.3 is 4.74 Å². The van der Waals surface area contributed by atoms with Gasteiger partial charge in [0.25, 0.3) is 0 Å². The highest BCUT2D eigenvalue weighted by atomic mass is 32.1. The van der Waals surface area contributed by atoms with Crippen LogP contribution in [0.5, 0.6) is 5.75 Å². The van der Waals surface area contributed by atoms with Crippen molar-refractivity contribution in [1.29, 1.82) is 0 Å². The van der Waals surface area contributed by atoms with Crippen LogP contribution in [0, 0.1) is 6.92 Å². The molecule has 1 atom stereocenters. The van der Waals surface area contributed by atoms with Crippen molar-refractivity contribution in [3.8, 4) is 5.75 Å². The van der Waals surface area contributed by atoms with Gasteiger partial charge in [-0.3, -0.25) is 15.0 Å². The highest BCUT2D eigenvalue weighted by Gasteiger charge is 2.24. The maximum Gasteiger partial charge on any atom is 0.310 e. The normalized spacial score (nSPS) is 15.2. The Morgan fingerprint density at radius 2 is 1.81 bits per heavy atom. The smallest absolute Gasteiger partial charge is 0.310 e. The molecule has 1 fully saturated rings. The number of unbranched alkanes of at least 4 members (excludes halogenated alkanes) is 1. The third kappa shape index (κ3) is 7.56. The number of likely N-dealkylation sites (tertiary alicyclic amines) is 1. The molecular formula is C25H35N2O3S+. The first-order valence-corrected chi connectivity index (χ1v) is 12.2. The van der Waals surface area contributed by atoms with Crippen LogP contribution in [-0.2, 0) is 11.2 Å². The second-order valence-corrected chi connectivity index (χ2v) is 9.49. The van der Waals surface area contributed by atoms with Gasteiger partial charge in [-0.15, -0.1) is 11.3 Å². The number of nitrogens with two attached hydrogens (primary N) is 1. The molecule has 1 aliphatic heterocycles. The number of rotatable bonds is 12. The lowest BCUT2D eigenvalue weighted by molar-refractivity contribution is -0.606. The molecule has 0 bridgehead atoms. The molecule has 1 saturated heterocycles. The summed E-state index contributed by atoms with van der Waals surface area (Å²) in [6, 6.07) is 9.65. The summed E-state index contributed by atoms with van der Waals surface area (Å²) in [5, 5.41) is 4.10. The SMILES string of the molecule is COc1ccc(C(=O)CCCCC(=O)[NH2+][C@@H](Cc2sccc2C)CN2CCCC2)cc1. The first-order chi connectivity index (χ1) is 15.0. The molecule has 31 heavy (non-hydrogen) atoms. The fourth-order valence-corrected chi connectivity index (χ4v) is 5.18. The van der Waals surface area contributed by atoms with Gasteiger partial charge in [0.05, 0.1) is 20.1 Å².